The molecule has 0 radical (unpaired) electrons. The van der Waals surface area contributed by atoms with Crippen LogP contribution >= 0.6 is 0 Å². The van der Waals surface area contributed by atoms with Crippen molar-refractivity contribution in [3.8, 4) is 0 Å². The maximum atomic E-state index is 4.82. The normalized spacial score (nSPS) is 16.1. The van der Waals surface area contributed by atoms with Crippen LogP contribution in [0.4, 0.5) is 0 Å². The number of benzene rings is 1. The second kappa shape index (κ2) is 4.11. The van der Waals surface area contributed by atoms with Crippen LogP contribution in [-0.2, 0) is 13.0 Å². The van der Waals surface area contributed by atoms with E-state index in [1.165, 1.54) is 22.2 Å². The van der Waals surface area contributed by atoms with Crippen LogP contribution in [-0.4, -0.2) is 23.0 Å². The molecule has 0 atom stereocenters. The Morgan fingerprint density at radius 2 is 2.12 bits per heavy atom. The van der Waals surface area contributed by atoms with Gasteiger partial charge < -0.3 is 0 Å². The molecular weight excluding hydrogens is 208 g/mol. The van der Waals surface area contributed by atoms with E-state index in [0.717, 1.165) is 31.6 Å². The second-order valence-electron chi connectivity index (χ2n) is 4.80. The summed E-state index contributed by atoms with van der Waals surface area (Å²) in [6.45, 7) is 7.81. The van der Waals surface area contributed by atoms with E-state index in [1.54, 1.807) is 0 Å². The van der Waals surface area contributed by atoms with Gasteiger partial charge in [-0.25, -0.2) is 0 Å². The molecule has 3 rings (SSSR count). The Labute approximate surface area is 102 Å². The van der Waals surface area contributed by atoms with Crippen molar-refractivity contribution < 1.29 is 0 Å². The number of likely N-dealkylation sites (N-methyl/N-ethyl adjacent to an activating group) is 1. The van der Waals surface area contributed by atoms with Gasteiger partial charge in [0.05, 0.1) is 5.52 Å². The number of fused-ring (bicyclic) bond motifs is 2. The molecule has 2 heteroatoms. The first-order chi connectivity index (χ1) is 8.29. The molecule has 0 spiro atoms. The van der Waals surface area contributed by atoms with Gasteiger partial charge in [-0.15, -0.1) is 0 Å². The van der Waals surface area contributed by atoms with Crippen LogP contribution < -0.4 is 0 Å². The van der Waals surface area contributed by atoms with Gasteiger partial charge in [-0.1, -0.05) is 25.1 Å². The molecule has 2 aromatic rings. The summed E-state index contributed by atoms with van der Waals surface area (Å²) in [4.78, 5) is 7.31. The summed E-state index contributed by atoms with van der Waals surface area (Å²) in [5.41, 5.74) is 5.33. The number of nitrogens with zero attached hydrogens (tertiary/aromatic N) is 2. The fourth-order valence-corrected chi connectivity index (χ4v) is 2.73. The molecule has 0 N–H and O–H groups in total. The topological polar surface area (TPSA) is 16.1 Å². The van der Waals surface area contributed by atoms with E-state index in [-0.39, 0.29) is 0 Å². The number of hydrogen-bond acceptors (Lipinski definition) is 2. The Balaban J connectivity index is 2.19. The van der Waals surface area contributed by atoms with E-state index in [1.807, 2.05) is 0 Å². The summed E-state index contributed by atoms with van der Waals surface area (Å²) in [5.74, 6) is 0. The van der Waals surface area contributed by atoms with Crippen LogP contribution in [0.2, 0.25) is 0 Å². The molecule has 1 aliphatic heterocycles. The molecule has 0 aliphatic carbocycles. The van der Waals surface area contributed by atoms with Gasteiger partial charge in [-0.05, 0) is 30.7 Å². The van der Waals surface area contributed by atoms with E-state index >= 15 is 0 Å². The number of aromatic nitrogens is 1. The predicted molar refractivity (Wildman–Crippen MR) is 71.1 cm³/mol. The number of pyridine rings is 1. The molecule has 88 valence electrons. The lowest BCUT2D eigenvalue weighted by Gasteiger charge is -2.28. The highest BCUT2D eigenvalue weighted by Crippen LogP contribution is 2.26. The Kier molecular flexibility index (Phi) is 2.60. The molecule has 1 aliphatic rings. The van der Waals surface area contributed by atoms with Crippen LogP contribution in [0, 0.1) is 6.92 Å². The van der Waals surface area contributed by atoms with Crippen molar-refractivity contribution in [1.29, 1.82) is 0 Å². The lowest BCUT2D eigenvalue weighted by molar-refractivity contribution is 0.265. The van der Waals surface area contributed by atoms with Gasteiger partial charge in [0, 0.05) is 30.6 Å². The average Bonchev–Trinajstić information content (AvgIpc) is 2.39. The molecule has 0 fully saturated rings. The average molecular weight is 226 g/mol. The first kappa shape index (κ1) is 10.7. The fourth-order valence-electron chi connectivity index (χ4n) is 2.73. The monoisotopic (exact) mass is 226 g/mol. The van der Waals surface area contributed by atoms with Crippen molar-refractivity contribution in [3.05, 3.63) is 41.1 Å². The van der Waals surface area contributed by atoms with Crippen LogP contribution in [0.1, 0.15) is 23.7 Å². The third-order valence-electron chi connectivity index (χ3n) is 3.86. The zero-order valence-corrected chi connectivity index (χ0v) is 10.5. The minimum Gasteiger partial charge on any atom is -0.299 e. The molecule has 1 aromatic heterocycles. The third kappa shape index (κ3) is 1.73. The molecule has 1 aromatic carbocycles. The van der Waals surface area contributed by atoms with Gasteiger partial charge >= 0.3 is 0 Å². The molecule has 17 heavy (non-hydrogen) atoms. The van der Waals surface area contributed by atoms with Crippen molar-refractivity contribution in [3.63, 3.8) is 0 Å². The molecule has 0 amide bonds. The smallest absolute Gasteiger partial charge is 0.0708 e. The number of aryl methyl sites for hydroxylation is 1. The summed E-state index contributed by atoms with van der Waals surface area (Å²) in [6.07, 6.45) is 1.09. The lowest BCUT2D eigenvalue weighted by Crippen LogP contribution is -2.31. The highest BCUT2D eigenvalue weighted by molar-refractivity contribution is 5.83. The number of rotatable bonds is 1. The fraction of sp³-hybridized carbons (Fsp3) is 0.400. The molecule has 2 nitrogen and oxygen atoms in total. The summed E-state index contributed by atoms with van der Waals surface area (Å²) < 4.78 is 0. The molecule has 0 saturated carbocycles. The Morgan fingerprint density at radius 1 is 1.29 bits per heavy atom. The molecule has 0 saturated heterocycles. The van der Waals surface area contributed by atoms with Gasteiger partial charge in [0.15, 0.2) is 0 Å². The maximum absolute atomic E-state index is 4.82. The van der Waals surface area contributed by atoms with E-state index < -0.39 is 0 Å². The highest BCUT2D eigenvalue weighted by Gasteiger charge is 2.19. The third-order valence-corrected chi connectivity index (χ3v) is 3.86. The molecule has 0 bridgehead atoms. The Morgan fingerprint density at radius 3 is 2.94 bits per heavy atom. The van der Waals surface area contributed by atoms with Crippen LogP contribution in [0.25, 0.3) is 10.9 Å². The maximum Gasteiger partial charge on any atom is 0.0708 e. The SMILES string of the molecule is CCN1CCc2nc3ccccc3c(C)c2C1. The van der Waals surface area contributed by atoms with Crippen molar-refractivity contribution in [2.75, 3.05) is 13.1 Å². The number of hydrogen-bond donors (Lipinski definition) is 0. The predicted octanol–water partition coefficient (Wildman–Crippen LogP) is 2.92. The first-order valence-electron chi connectivity index (χ1n) is 6.39. The first-order valence-corrected chi connectivity index (χ1v) is 6.39. The van der Waals surface area contributed by atoms with Gasteiger partial charge in [-0.2, -0.15) is 0 Å². The zero-order chi connectivity index (χ0) is 11.8. The van der Waals surface area contributed by atoms with E-state index in [2.05, 4.69) is 43.0 Å². The largest absolute Gasteiger partial charge is 0.299 e. The Bertz CT molecular complexity index is 560. The van der Waals surface area contributed by atoms with E-state index in [0.29, 0.717) is 0 Å². The quantitative estimate of drug-likeness (QED) is 0.743. The van der Waals surface area contributed by atoms with Crippen molar-refractivity contribution in [2.24, 2.45) is 0 Å². The molecule has 0 unspecified atom stereocenters. The van der Waals surface area contributed by atoms with Crippen molar-refractivity contribution in [2.45, 2.75) is 26.8 Å². The van der Waals surface area contributed by atoms with Crippen molar-refractivity contribution >= 4 is 10.9 Å². The summed E-state index contributed by atoms with van der Waals surface area (Å²) in [5, 5.41) is 1.31. The molecule has 2 heterocycles. The van der Waals surface area contributed by atoms with Gasteiger partial charge in [-0.3, -0.25) is 9.88 Å². The van der Waals surface area contributed by atoms with Gasteiger partial charge in [0.1, 0.15) is 0 Å². The van der Waals surface area contributed by atoms with Crippen LogP contribution in [0.15, 0.2) is 24.3 Å². The summed E-state index contributed by atoms with van der Waals surface area (Å²) >= 11 is 0. The van der Waals surface area contributed by atoms with Crippen LogP contribution in [0.5, 0.6) is 0 Å². The van der Waals surface area contributed by atoms with E-state index in [9.17, 15) is 0 Å². The number of para-hydroxylation sites is 1. The van der Waals surface area contributed by atoms with Gasteiger partial charge in [0.25, 0.3) is 0 Å². The lowest BCUT2D eigenvalue weighted by atomic mass is 9.97. The zero-order valence-electron chi connectivity index (χ0n) is 10.5. The minimum atomic E-state index is 1.06. The minimum absolute atomic E-state index is 1.06. The summed E-state index contributed by atoms with van der Waals surface area (Å²) in [6, 6.07) is 8.48. The standard InChI is InChI=1S/C15H18N2/c1-3-17-9-8-15-13(10-17)11(2)12-6-4-5-7-14(12)16-15/h4-7H,3,8-10H2,1-2H3. The molecular formula is C15H18N2. The van der Waals surface area contributed by atoms with Crippen molar-refractivity contribution in [1.82, 2.24) is 9.88 Å². The van der Waals surface area contributed by atoms with Gasteiger partial charge in [0.2, 0.25) is 0 Å². The second-order valence-corrected chi connectivity index (χ2v) is 4.80. The highest BCUT2D eigenvalue weighted by atomic mass is 15.1. The Hall–Kier alpha value is -1.41. The van der Waals surface area contributed by atoms with Crippen LogP contribution in [0.3, 0.4) is 0 Å². The summed E-state index contributed by atoms with van der Waals surface area (Å²) in [7, 11) is 0. The van der Waals surface area contributed by atoms with E-state index in [4.69, 9.17) is 4.98 Å².